The lowest BCUT2D eigenvalue weighted by atomic mass is 10.0. The van der Waals surface area contributed by atoms with Crippen LogP contribution in [0.3, 0.4) is 0 Å². The predicted molar refractivity (Wildman–Crippen MR) is 63.6 cm³/mol. The number of hydrogen-bond acceptors (Lipinski definition) is 5. The number of nitrogens with zero attached hydrogens (tertiary/aromatic N) is 3. The highest BCUT2D eigenvalue weighted by Gasteiger charge is 2.10. The summed E-state index contributed by atoms with van der Waals surface area (Å²) in [7, 11) is 0. The number of aryl methyl sites for hydroxylation is 2. The minimum absolute atomic E-state index is 0.144. The Labute approximate surface area is 93.6 Å². The Bertz CT molecular complexity index is 495. The molecule has 0 saturated carbocycles. The molecule has 2 rings (SSSR count). The zero-order valence-corrected chi connectivity index (χ0v) is 9.23. The molecule has 0 spiro atoms. The van der Waals surface area contributed by atoms with Gasteiger partial charge in [0.15, 0.2) is 5.82 Å². The summed E-state index contributed by atoms with van der Waals surface area (Å²) in [5, 5.41) is 0. The highest BCUT2D eigenvalue weighted by Crippen LogP contribution is 2.24. The average molecular weight is 215 g/mol. The lowest BCUT2D eigenvalue weighted by Gasteiger charge is -2.08. The first kappa shape index (κ1) is 10.4. The molecule has 5 heteroatoms. The molecule has 0 atom stereocenters. The van der Waals surface area contributed by atoms with Crippen LogP contribution in [0.1, 0.15) is 11.1 Å². The van der Waals surface area contributed by atoms with Crippen molar-refractivity contribution in [3.63, 3.8) is 0 Å². The monoisotopic (exact) mass is 215 g/mol. The van der Waals surface area contributed by atoms with Crippen molar-refractivity contribution in [3.8, 4) is 11.4 Å². The number of anilines is 2. The van der Waals surface area contributed by atoms with Crippen LogP contribution in [0, 0.1) is 13.8 Å². The van der Waals surface area contributed by atoms with E-state index in [1.54, 1.807) is 0 Å². The van der Waals surface area contributed by atoms with Crippen molar-refractivity contribution >= 4 is 11.9 Å². The van der Waals surface area contributed by atoms with Gasteiger partial charge in [-0.2, -0.15) is 15.0 Å². The zero-order chi connectivity index (χ0) is 11.7. The number of nitrogen functional groups attached to an aromatic ring is 2. The standard InChI is InChI=1S/C11H13N5/c1-6-4-3-5-7(2)8(6)9-14-10(12)16-11(13)15-9/h3-5H,1-2H3,(H4,12,13,14,15,16). The van der Waals surface area contributed by atoms with Crippen LogP contribution >= 0.6 is 0 Å². The molecule has 2 aromatic rings. The van der Waals surface area contributed by atoms with E-state index in [0.717, 1.165) is 16.7 Å². The van der Waals surface area contributed by atoms with Gasteiger partial charge in [-0.05, 0) is 25.0 Å². The number of rotatable bonds is 1. The predicted octanol–water partition coefficient (Wildman–Crippen LogP) is 1.32. The molecular weight excluding hydrogens is 202 g/mol. The fourth-order valence-corrected chi connectivity index (χ4v) is 1.69. The van der Waals surface area contributed by atoms with Crippen molar-refractivity contribution in [1.29, 1.82) is 0 Å². The molecular formula is C11H13N5. The second-order valence-electron chi connectivity index (χ2n) is 3.64. The molecule has 16 heavy (non-hydrogen) atoms. The van der Waals surface area contributed by atoms with E-state index in [9.17, 15) is 0 Å². The van der Waals surface area contributed by atoms with Crippen molar-refractivity contribution in [2.45, 2.75) is 13.8 Å². The summed E-state index contributed by atoms with van der Waals surface area (Å²) in [4.78, 5) is 12.0. The summed E-state index contributed by atoms with van der Waals surface area (Å²) in [6.07, 6.45) is 0. The van der Waals surface area contributed by atoms with Crippen LogP contribution in [0.5, 0.6) is 0 Å². The molecule has 0 aliphatic carbocycles. The van der Waals surface area contributed by atoms with Crippen LogP contribution in [0.4, 0.5) is 11.9 Å². The van der Waals surface area contributed by atoms with Gasteiger partial charge >= 0.3 is 0 Å². The highest BCUT2D eigenvalue weighted by atomic mass is 15.1. The quantitative estimate of drug-likeness (QED) is 0.748. The second kappa shape index (κ2) is 3.77. The van der Waals surface area contributed by atoms with Gasteiger partial charge in [0, 0.05) is 5.56 Å². The fourth-order valence-electron chi connectivity index (χ4n) is 1.69. The van der Waals surface area contributed by atoms with E-state index in [2.05, 4.69) is 15.0 Å². The van der Waals surface area contributed by atoms with E-state index in [0.29, 0.717) is 5.82 Å². The Hall–Kier alpha value is -2.17. The molecule has 1 heterocycles. The molecule has 0 aliphatic heterocycles. The third kappa shape index (κ3) is 1.79. The number of aromatic nitrogens is 3. The van der Waals surface area contributed by atoms with E-state index in [4.69, 9.17) is 11.5 Å². The summed E-state index contributed by atoms with van der Waals surface area (Å²) in [6.45, 7) is 4.00. The van der Waals surface area contributed by atoms with Gasteiger partial charge in [-0.15, -0.1) is 0 Å². The molecule has 4 N–H and O–H groups in total. The first-order valence-corrected chi connectivity index (χ1v) is 4.91. The van der Waals surface area contributed by atoms with E-state index < -0.39 is 0 Å². The molecule has 82 valence electrons. The smallest absolute Gasteiger partial charge is 0.225 e. The minimum Gasteiger partial charge on any atom is -0.368 e. The summed E-state index contributed by atoms with van der Waals surface area (Å²) >= 11 is 0. The highest BCUT2D eigenvalue weighted by molar-refractivity contribution is 5.65. The SMILES string of the molecule is Cc1cccc(C)c1-c1nc(N)nc(N)n1. The number of benzene rings is 1. The molecule has 0 aliphatic rings. The maximum absolute atomic E-state index is 5.55. The van der Waals surface area contributed by atoms with Crippen LogP contribution in [0.15, 0.2) is 18.2 Å². The maximum Gasteiger partial charge on any atom is 0.225 e. The minimum atomic E-state index is 0.144. The Balaban J connectivity index is 2.67. The van der Waals surface area contributed by atoms with Gasteiger partial charge in [0.25, 0.3) is 0 Å². The van der Waals surface area contributed by atoms with Crippen molar-refractivity contribution < 1.29 is 0 Å². The summed E-state index contributed by atoms with van der Waals surface area (Å²) < 4.78 is 0. The summed E-state index contributed by atoms with van der Waals surface area (Å²) in [6, 6.07) is 5.99. The Morgan fingerprint density at radius 2 is 1.38 bits per heavy atom. The molecule has 5 nitrogen and oxygen atoms in total. The van der Waals surface area contributed by atoms with E-state index in [1.807, 2.05) is 32.0 Å². The van der Waals surface area contributed by atoms with Gasteiger partial charge in [0.1, 0.15) is 0 Å². The molecule has 0 saturated heterocycles. The third-order valence-electron chi connectivity index (χ3n) is 2.37. The largest absolute Gasteiger partial charge is 0.368 e. The zero-order valence-electron chi connectivity index (χ0n) is 9.23. The molecule has 0 bridgehead atoms. The van der Waals surface area contributed by atoms with Gasteiger partial charge in [-0.25, -0.2) is 0 Å². The van der Waals surface area contributed by atoms with Crippen molar-refractivity contribution in [2.75, 3.05) is 11.5 Å². The van der Waals surface area contributed by atoms with Crippen LogP contribution in [0.25, 0.3) is 11.4 Å². The van der Waals surface area contributed by atoms with Gasteiger partial charge in [-0.1, -0.05) is 18.2 Å². The first-order valence-electron chi connectivity index (χ1n) is 4.91. The van der Waals surface area contributed by atoms with Gasteiger partial charge in [0.05, 0.1) is 0 Å². The van der Waals surface area contributed by atoms with E-state index in [-0.39, 0.29) is 11.9 Å². The van der Waals surface area contributed by atoms with Crippen molar-refractivity contribution in [2.24, 2.45) is 0 Å². The molecule has 0 unspecified atom stereocenters. The Morgan fingerprint density at radius 1 is 0.875 bits per heavy atom. The first-order chi connectivity index (χ1) is 7.58. The van der Waals surface area contributed by atoms with Crippen molar-refractivity contribution in [3.05, 3.63) is 29.3 Å². The lowest BCUT2D eigenvalue weighted by Crippen LogP contribution is -2.05. The van der Waals surface area contributed by atoms with Gasteiger partial charge < -0.3 is 11.5 Å². The Kier molecular flexibility index (Phi) is 2.44. The maximum atomic E-state index is 5.55. The van der Waals surface area contributed by atoms with Gasteiger partial charge in [0.2, 0.25) is 11.9 Å². The molecule has 0 amide bonds. The lowest BCUT2D eigenvalue weighted by molar-refractivity contribution is 1.08. The van der Waals surface area contributed by atoms with E-state index >= 15 is 0 Å². The molecule has 1 aromatic heterocycles. The fraction of sp³-hybridized carbons (Fsp3) is 0.182. The van der Waals surface area contributed by atoms with Crippen LogP contribution in [-0.2, 0) is 0 Å². The number of hydrogen-bond donors (Lipinski definition) is 2. The van der Waals surface area contributed by atoms with Crippen LogP contribution in [-0.4, -0.2) is 15.0 Å². The van der Waals surface area contributed by atoms with E-state index in [1.165, 1.54) is 0 Å². The van der Waals surface area contributed by atoms with Crippen LogP contribution in [0.2, 0.25) is 0 Å². The van der Waals surface area contributed by atoms with Crippen LogP contribution < -0.4 is 11.5 Å². The second-order valence-corrected chi connectivity index (χ2v) is 3.64. The normalized spacial score (nSPS) is 10.4. The topological polar surface area (TPSA) is 90.7 Å². The Morgan fingerprint density at radius 3 is 1.88 bits per heavy atom. The number of nitrogens with two attached hydrogens (primary N) is 2. The van der Waals surface area contributed by atoms with Gasteiger partial charge in [-0.3, -0.25) is 0 Å². The summed E-state index contributed by atoms with van der Waals surface area (Å²) in [5.74, 6) is 0.816. The average Bonchev–Trinajstić information content (AvgIpc) is 2.15. The third-order valence-corrected chi connectivity index (χ3v) is 2.37. The molecule has 0 radical (unpaired) electrons. The molecule has 0 fully saturated rings. The van der Waals surface area contributed by atoms with Crippen molar-refractivity contribution in [1.82, 2.24) is 15.0 Å². The molecule has 1 aromatic carbocycles. The summed E-state index contributed by atoms with van der Waals surface area (Å²) in [5.41, 5.74) is 14.2.